The van der Waals surface area contributed by atoms with Crippen LogP contribution in [0.4, 0.5) is 0 Å². The maximum atomic E-state index is 11.2. The molecular formula is C19H14N6O5. The van der Waals surface area contributed by atoms with Crippen molar-refractivity contribution in [2.24, 2.45) is 0 Å². The molecule has 11 nitrogen and oxygen atoms in total. The number of carboxylic acids is 2. The Hall–Kier alpha value is -4.54. The second-order valence-electron chi connectivity index (χ2n) is 6.32. The van der Waals surface area contributed by atoms with E-state index in [0.717, 1.165) is 0 Å². The summed E-state index contributed by atoms with van der Waals surface area (Å²) in [5, 5.41) is 44.4. The minimum Gasteiger partial charge on any atom is -0.505 e. The van der Waals surface area contributed by atoms with Crippen molar-refractivity contribution in [1.29, 1.82) is 0 Å². The predicted molar refractivity (Wildman–Crippen MR) is 101 cm³/mol. The molecule has 0 saturated heterocycles. The number of rotatable bonds is 6. The van der Waals surface area contributed by atoms with Gasteiger partial charge in [0.2, 0.25) is 0 Å². The molecule has 0 aliphatic carbocycles. The molecule has 0 unspecified atom stereocenters. The summed E-state index contributed by atoms with van der Waals surface area (Å²) in [4.78, 5) is 22.3. The lowest BCUT2D eigenvalue weighted by molar-refractivity contribution is 0.0684. The van der Waals surface area contributed by atoms with E-state index in [4.69, 9.17) is 10.2 Å². The van der Waals surface area contributed by atoms with Gasteiger partial charge in [0.05, 0.1) is 35.0 Å². The molecule has 0 radical (unpaired) electrons. The fourth-order valence-electron chi connectivity index (χ4n) is 2.86. The Kier molecular flexibility index (Phi) is 4.68. The van der Waals surface area contributed by atoms with Gasteiger partial charge in [-0.3, -0.25) is 0 Å². The third-order valence-electron chi connectivity index (χ3n) is 4.29. The van der Waals surface area contributed by atoms with Gasteiger partial charge in [-0.1, -0.05) is 22.6 Å². The smallest absolute Gasteiger partial charge is 0.339 e. The average molecular weight is 406 g/mol. The summed E-state index contributed by atoms with van der Waals surface area (Å²) in [5.41, 5.74) is 1.70. The Bertz CT molecular complexity index is 1260. The number of carboxylic acid groups (broad SMARTS) is 2. The van der Waals surface area contributed by atoms with Crippen LogP contribution in [0.15, 0.2) is 54.9 Å². The summed E-state index contributed by atoms with van der Waals surface area (Å²) in [6.45, 7) is 0. The number of phenols is 1. The fraction of sp³-hybridized carbons (Fsp3) is 0.0526. The largest absolute Gasteiger partial charge is 0.505 e. The molecule has 0 saturated carbocycles. The number of benzene rings is 2. The van der Waals surface area contributed by atoms with Crippen molar-refractivity contribution in [2.45, 2.75) is 6.42 Å². The molecule has 0 aliphatic heterocycles. The van der Waals surface area contributed by atoms with Gasteiger partial charge in [0.15, 0.2) is 5.75 Å². The van der Waals surface area contributed by atoms with Crippen LogP contribution < -0.4 is 0 Å². The highest BCUT2D eigenvalue weighted by Crippen LogP contribution is 2.25. The van der Waals surface area contributed by atoms with Crippen LogP contribution in [0.3, 0.4) is 0 Å². The molecule has 0 aliphatic rings. The molecule has 3 N–H and O–H groups in total. The normalized spacial score (nSPS) is 10.8. The minimum atomic E-state index is -1.25. The van der Waals surface area contributed by atoms with Crippen molar-refractivity contribution in [2.75, 3.05) is 0 Å². The van der Waals surface area contributed by atoms with Crippen molar-refractivity contribution < 1.29 is 24.9 Å². The summed E-state index contributed by atoms with van der Waals surface area (Å²) >= 11 is 0. The van der Waals surface area contributed by atoms with Gasteiger partial charge in [-0.2, -0.15) is 0 Å². The summed E-state index contributed by atoms with van der Waals surface area (Å²) in [6.07, 6.45) is 3.46. The number of nitrogens with zero attached hydrogens (tertiary/aromatic N) is 6. The van der Waals surface area contributed by atoms with Gasteiger partial charge in [-0.25, -0.2) is 19.0 Å². The van der Waals surface area contributed by atoms with Crippen LogP contribution in [-0.2, 0) is 6.42 Å². The number of hydrogen-bond acceptors (Lipinski definition) is 7. The molecule has 0 fully saturated rings. The predicted octanol–water partition coefficient (Wildman–Crippen LogP) is 1.54. The van der Waals surface area contributed by atoms with Crippen LogP contribution in [0, 0.1) is 0 Å². The van der Waals surface area contributed by atoms with E-state index in [2.05, 4.69) is 20.6 Å². The van der Waals surface area contributed by atoms with Crippen molar-refractivity contribution in [3.05, 3.63) is 77.4 Å². The maximum absolute atomic E-state index is 11.2. The van der Waals surface area contributed by atoms with Crippen LogP contribution in [0.2, 0.25) is 0 Å². The van der Waals surface area contributed by atoms with Crippen LogP contribution in [0.1, 0.15) is 32.1 Å². The standard InChI is InChI=1S/C19H14N6O5/c26-17-15(19(29)30)5-2-6-16(17)25-10-13(21-23-25)8-12-9-24(22-20-12)14-4-1-3-11(7-14)18(27)28/h1-7,9-10,26H,8H2,(H,27,28)(H,29,30). The quantitative estimate of drug-likeness (QED) is 0.432. The first-order valence-electron chi connectivity index (χ1n) is 8.64. The van der Waals surface area contributed by atoms with E-state index in [-0.39, 0.29) is 23.2 Å². The number of carbonyl (C=O) groups is 2. The molecule has 0 amide bonds. The zero-order valence-corrected chi connectivity index (χ0v) is 15.2. The molecule has 0 spiro atoms. The Morgan fingerprint density at radius 2 is 1.53 bits per heavy atom. The monoisotopic (exact) mass is 406 g/mol. The van der Waals surface area contributed by atoms with Crippen LogP contribution in [-0.4, -0.2) is 57.2 Å². The Balaban J connectivity index is 1.56. The number of aromatic hydroxyl groups is 1. The topological polar surface area (TPSA) is 156 Å². The highest BCUT2D eigenvalue weighted by atomic mass is 16.4. The molecule has 0 atom stereocenters. The van der Waals surface area contributed by atoms with E-state index < -0.39 is 17.7 Å². The van der Waals surface area contributed by atoms with Crippen LogP contribution in [0.5, 0.6) is 5.75 Å². The molecule has 2 aromatic carbocycles. The van der Waals surface area contributed by atoms with Crippen LogP contribution in [0.25, 0.3) is 11.4 Å². The van der Waals surface area contributed by atoms with E-state index in [1.165, 1.54) is 39.7 Å². The molecular weight excluding hydrogens is 392 g/mol. The highest BCUT2D eigenvalue weighted by molar-refractivity contribution is 5.92. The van der Waals surface area contributed by atoms with Gasteiger partial charge < -0.3 is 15.3 Å². The van der Waals surface area contributed by atoms with Gasteiger partial charge in [-0.15, -0.1) is 10.2 Å². The van der Waals surface area contributed by atoms with E-state index >= 15 is 0 Å². The first-order valence-corrected chi connectivity index (χ1v) is 8.64. The lowest BCUT2D eigenvalue weighted by atomic mass is 10.1. The maximum Gasteiger partial charge on any atom is 0.339 e. The molecule has 11 heteroatoms. The van der Waals surface area contributed by atoms with E-state index in [9.17, 15) is 14.7 Å². The lowest BCUT2D eigenvalue weighted by Gasteiger charge is -2.05. The number of aromatic nitrogens is 6. The zero-order chi connectivity index (χ0) is 21.3. The Morgan fingerprint density at radius 1 is 0.867 bits per heavy atom. The van der Waals surface area contributed by atoms with Crippen molar-refractivity contribution >= 4 is 11.9 Å². The van der Waals surface area contributed by atoms with Gasteiger partial charge in [0, 0.05) is 6.42 Å². The van der Waals surface area contributed by atoms with E-state index in [1.54, 1.807) is 24.5 Å². The molecule has 4 rings (SSSR count). The third-order valence-corrected chi connectivity index (χ3v) is 4.29. The molecule has 2 heterocycles. The zero-order valence-electron chi connectivity index (χ0n) is 15.2. The molecule has 30 heavy (non-hydrogen) atoms. The third kappa shape index (κ3) is 3.58. The minimum absolute atomic E-state index is 0.135. The van der Waals surface area contributed by atoms with Gasteiger partial charge in [0.25, 0.3) is 0 Å². The molecule has 4 aromatic rings. The molecule has 2 aromatic heterocycles. The lowest BCUT2D eigenvalue weighted by Crippen LogP contribution is -2.02. The van der Waals surface area contributed by atoms with Gasteiger partial charge in [0.1, 0.15) is 11.3 Å². The highest BCUT2D eigenvalue weighted by Gasteiger charge is 2.16. The first-order chi connectivity index (χ1) is 14.4. The van der Waals surface area contributed by atoms with E-state index in [0.29, 0.717) is 17.1 Å². The second kappa shape index (κ2) is 7.47. The Morgan fingerprint density at radius 3 is 2.23 bits per heavy atom. The number of aromatic carboxylic acids is 2. The second-order valence-corrected chi connectivity index (χ2v) is 6.32. The van der Waals surface area contributed by atoms with Crippen LogP contribution >= 0.6 is 0 Å². The van der Waals surface area contributed by atoms with Gasteiger partial charge in [-0.05, 0) is 30.3 Å². The summed E-state index contributed by atoms with van der Waals surface area (Å²) in [5.74, 6) is -2.70. The average Bonchev–Trinajstić information content (AvgIpc) is 3.38. The number of hydrogen-bond donors (Lipinski definition) is 3. The summed E-state index contributed by atoms with van der Waals surface area (Å²) in [6, 6.07) is 10.6. The van der Waals surface area contributed by atoms with Crippen molar-refractivity contribution in [1.82, 2.24) is 30.0 Å². The van der Waals surface area contributed by atoms with Crippen molar-refractivity contribution in [3.8, 4) is 17.1 Å². The van der Waals surface area contributed by atoms with E-state index in [1.807, 2.05) is 0 Å². The van der Waals surface area contributed by atoms with Crippen molar-refractivity contribution in [3.63, 3.8) is 0 Å². The molecule has 0 bridgehead atoms. The number of para-hydroxylation sites is 1. The Labute approximate surface area is 168 Å². The molecule has 150 valence electrons. The SMILES string of the molecule is O=C(O)c1cccc(-n2cc(Cc3cn(-c4cccc(C(=O)O)c4O)nn3)nn2)c1. The first kappa shape index (κ1) is 18.8. The van der Waals surface area contributed by atoms with Gasteiger partial charge >= 0.3 is 11.9 Å². The summed E-state index contributed by atoms with van der Waals surface area (Å²) < 4.78 is 2.73. The fourth-order valence-corrected chi connectivity index (χ4v) is 2.86. The summed E-state index contributed by atoms with van der Waals surface area (Å²) in [7, 11) is 0.